The van der Waals surface area contributed by atoms with Crippen molar-refractivity contribution in [2.24, 2.45) is 5.92 Å². The lowest BCUT2D eigenvalue weighted by Crippen LogP contribution is -2.38. The largest absolute Gasteiger partial charge is 0.382 e. The van der Waals surface area contributed by atoms with Gasteiger partial charge in [0.25, 0.3) is 0 Å². The molecular weight excluding hydrogens is 244 g/mol. The second-order valence-electron chi connectivity index (χ2n) is 5.59. The van der Waals surface area contributed by atoms with Gasteiger partial charge in [-0.2, -0.15) is 0 Å². The number of benzene rings is 2. The molecule has 0 aromatic heterocycles. The van der Waals surface area contributed by atoms with E-state index in [1.54, 1.807) is 0 Å². The monoisotopic (exact) mass is 266 g/mol. The number of anilines is 2. The lowest BCUT2D eigenvalue weighted by molar-refractivity contribution is 0.400. The van der Waals surface area contributed by atoms with Crippen molar-refractivity contribution in [2.75, 3.05) is 10.6 Å². The van der Waals surface area contributed by atoms with Crippen LogP contribution in [0.5, 0.6) is 0 Å². The van der Waals surface area contributed by atoms with E-state index in [-0.39, 0.29) is 0 Å². The third-order valence-corrected chi connectivity index (χ3v) is 4.33. The second kappa shape index (κ2) is 5.58. The van der Waals surface area contributed by atoms with E-state index in [4.69, 9.17) is 0 Å². The summed E-state index contributed by atoms with van der Waals surface area (Å²) in [5, 5.41) is 7.38. The van der Waals surface area contributed by atoms with Crippen LogP contribution in [-0.4, -0.2) is 6.04 Å². The molecular formula is C18H22N2. The van der Waals surface area contributed by atoms with Crippen LogP contribution in [0.1, 0.15) is 31.9 Å². The van der Waals surface area contributed by atoms with Crippen LogP contribution in [0.25, 0.3) is 0 Å². The van der Waals surface area contributed by atoms with E-state index in [1.165, 1.54) is 16.9 Å². The molecule has 0 unspecified atom stereocenters. The first-order chi connectivity index (χ1) is 9.79. The maximum atomic E-state index is 3.71. The van der Waals surface area contributed by atoms with Gasteiger partial charge in [0.2, 0.25) is 0 Å². The van der Waals surface area contributed by atoms with E-state index in [0.29, 0.717) is 18.0 Å². The average molecular weight is 266 g/mol. The van der Waals surface area contributed by atoms with Gasteiger partial charge in [-0.05, 0) is 30.2 Å². The SMILES string of the molecule is CC[C@@H]1Nc2ccccc2[C@H](Nc2ccccc2)[C@H]1C. The molecule has 0 saturated carbocycles. The molecule has 1 aliphatic rings. The zero-order chi connectivity index (χ0) is 13.9. The Kier molecular flexibility index (Phi) is 3.64. The molecule has 0 radical (unpaired) electrons. The summed E-state index contributed by atoms with van der Waals surface area (Å²) in [7, 11) is 0. The van der Waals surface area contributed by atoms with E-state index >= 15 is 0 Å². The van der Waals surface area contributed by atoms with Crippen LogP contribution in [0.3, 0.4) is 0 Å². The molecule has 2 N–H and O–H groups in total. The summed E-state index contributed by atoms with van der Waals surface area (Å²) in [5.41, 5.74) is 3.83. The van der Waals surface area contributed by atoms with Gasteiger partial charge < -0.3 is 10.6 Å². The summed E-state index contributed by atoms with van der Waals surface area (Å²) in [6.07, 6.45) is 1.14. The maximum Gasteiger partial charge on any atom is 0.0579 e. The van der Waals surface area contributed by atoms with Crippen LogP contribution >= 0.6 is 0 Å². The zero-order valence-electron chi connectivity index (χ0n) is 12.1. The highest BCUT2D eigenvalue weighted by molar-refractivity contribution is 5.59. The highest BCUT2D eigenvalue weighted by Gasteiger charge is 2.32. The molecule has 2 aromatic carbocycles. The zero-order valence-corrected chi connectivity index (χ0v) is 12.1. The molecule has 2 heteroatoms. The van der Waals surface area contributed by atoms with Gasteiger partial charge in [0.05, 0.1) is 6.04 Å². The molecule has 1 heterocycles. The number of nitrogens with one attached hydrogen (secondary N) is 2. The molecule has 20 heavy (non-hydrogen) atoms. The van der Waals surface area contributed by atoms with Crippen LogP contribution < -0.4 is 10.6 Å². The predicted octanol–water partition coefficient (Wildman–Crippen LogP) is 4.68. The van der Waals surface area contributed by atoms with Gasteiger partial charge in [-0.15, -0.1) is 0 Å². The Bertz CT molecular complexity index is 565. The summed E-state index contributed by atoms with van der Waals surface area (Å²) < 4.78 is 0. The fourth-order valence-corrected chi connectivity index (χ4v) is 3.14. The Labute approximate surface area is 121 Å². The normalized spacial score (nSPS) is 24.6. The van der Waals surface area contributed by atoms with Crippen molar-refractivity contribution in [2.45, 2.75) is 32.4 Å². The highest BCUT2D eigenvalue weighted by Crippen LogP contribution is 2.39. The fraction of sp³-hybridized carbons (Fsp3) is 0.333. The average Bonchev–Trinajstić information content (AvgIpc) is 2.51. The number of fused-ring (bicyclic) bond motifs is 1. The van der Waals surface area contributed by atoms with Crippen LogP contribution in [-0.2, 0) is 0 Å². The lowest BCUT2D eigenvalue weighted by atomic mass is 9.82. The third kappa shape index (κ3) is 2.38. The number of hydrogen-bond donors (Lipinski definition) is 2. The fourth-order valence-electron chi connectivity index (χ4n) is 3.14. The Morgan fingerprint density at radius 1 is 1.00 bits per heavy atom. The molecule has 0 bridgehead atoms. The topological polar surface area (TPSA) is 24.1 Å². The van der Waals surface area contributed by atoms with Crippen molar-refractivity contribution in [3.8, 4) is 0 Å². The molecule has 104 valence electrons. The summed E-state index contributed by atoms with van der Waals surface area (Å²) in [4.78, 5) is 0. The highest BCUT2D eigenvalue weighted by atomic mass is 15.0. The van der Waals surface area contributed by atoms with E-state index < -0.39 is 0 Å². The van der Waals surface area contributed by atoms with Gasteiger partial charge in [0, 0.05) is 23.3 Å². The first-order valence-electron chi connectivity index (χ1n) is 7.46. The maximum absolute atomic E-state index is 3.71. The molecule has 2 aromatic rings. The number of para-hydroxylation sites is 2. The van der Waals surface area contributed by atoms with Crippen LogP contribution in [0.15, 0.2) is 54.6 Å². The van der Waals surface area contributed by atoms with Crippen molar-refractivity contribution in [1.29, 1.82) is 0 Å². The second-order valence-corrected chi connectivity index (χ2v) is 5.59. The van der Waals surface area contributed by atoms with Gasteiger partial charge in [0.15, 0.2) is 0 Å². The summed E-state index contributed by atoms with van der Waals surface area (Å²) in [6, 6.07) is 20.0. The quantitative estimate of drug-likeness (QED) is 0.843. The minimum Gasteiger partial charge on any atom is -0.382 e. The molecule has 0 amide bonds. The minimum atomic E-state index is 0.361. The summed E-state index contributed by atoms with van der Waals surface area (Å²) >= 11 is 0. The predicted molar refractivity (Wildman–Crippen MR) is 86.1 cm³/mol. The Hall–Kier alpha value is -1.96. The molecule has 2 nitrogen and oxygen atoms in total. The number of hydrogen-bond acceptors (Lipinski definition) is 2. The minimum absolute atomic E-state index is 0.361. The van der Waals surface area contributed by atoms with Gasteiger partial charge in [-0.3, -0.25) is 0 Å². The Morgan fingerprint density at radius 3 is 2.45 bits per heavy atom. The Balaban J connectivity index is 1.95. The van der Waals surface area contributed by atoms with Crippen molar-refractivity contribution in [3.63, 3.8) is 0 Å². The first-order valence-corrected chi connectivity index (χ1v) is 7.46. The van der Waals surface area contributed by atoms with Crippen molar-refractivity contribution < 1.29 is 0 Å². The molecule has 3 atom stereocenters. The summed E-state index contributed by atoms with van der Waals surface area (Å²) in [5.74, 6) is 0.551. The molecule has 0 fully saturated rings. The van der Waals surface area contributed by atoms with Gasteiger partial charge in [-0.1, -0.05) is 50.2 Å². The van der Waals surface area contributed by atoms with Gasteiger partial charge in [0.1, 0.15) is 0 Å². The van der Waals surface area contributed by atoms with Crippen molar-refractivity contribution in [1.82, 2.24) is 0 Å². The molecule has 0 saturated heterocycles. The van der Waals surface area contributed by atoms with Gasteiger partial charge >= 0.3 is 0 Å². The summed E-state index contributed by atoms with van der Waals surface area (Å²) in [6.45, 7) is 4.58. The van der Waals surface area contributed by atoms with E-state index in [0.717, 1.165) is 6.42 Å². The molecule has 0 spiro atoms. The molecule has 0 aliphatic carbocycles. The van der Waals surface area contributed by atoms with Crippen molar-refractivity contribution in [3.05, 3.63) is 60.2 Å². The van der Waals surface area contributed by atoms with E-state index in [2.05, 4.69) is 79.1 Å². The smallest absolute Gasteiger partial charge is 0.0579 e. The van der Waals surface area contributed by atoms with Crippen LogP contribution in [0.2, 0.25) is 0 Å². The van der Waals surface area contributed by atoms with E-state index in [1.807, 2.05) is 0 Å². The van der Waals surface area contributed by atoms with Crippen molar-refractivity contribution >= 4 is 11.4 Å². The Morgan fingerprint density at radius 2 is 1.70 bits per heavy atom. The molecule has 1 aliphatic heterocycles. The van der Waals surface area contributed by atoms with E-state index in [9.17, 15) is 0 Å². The third-order valence-electron chi connectivity index (χ3n) is 4.33. The van der Waals surface area contributed by atoms with Crippen LogP contribution in [0, 0.1) is 5.92 Å². The van der Waals surface area contributed by atoms with Gasteiger partial charge in [-0.25, -0.2) is 0 Å². The number of rotatable bonds is 3. The van der Waals surface area contributed by atoms with Crippen LogP contribution in [0.4, 0.5) is 11.4 Å². The first kappa shape index (κ1) is 13.0. The standard InChI is InChI=1S/C18H22N2/c1-3-16-13(2)18(19-14-9-5-4-6-10-14)15-11-7-8-12-17(15)20-16/h4-13,16,18-20H,3H2,1-2H3/t13-,16-,18+/m0/s1. The molecule has 3 rings (SSSR count). The lowest BCUT2D eigenvalue weighted by Gasteiger charge is -2.39.